The summed E-state index contributed by atoms with van der Waals surface area (Å²) in [5, 5.41) is 13.2. The van der Waals surface area contributed by atoms with Gasteiger partial charge in [0.05, 0.1) is 13.1 Å². The maximum Gasteiger partial charge on any atom is 0.411 e. The third kappa shape index (κ3) is 8.00. The number of carbonyl (C=O) groups is 6. The van der Waals surface area contributed by atoms with Gasteiger partial charge in [0.2, 0.25) is 23.6 Å². The molecule has 4 saturated heterocycles. The average molecular weight is 655 g/mol. The lowest BCUT2D eigenvalue weighted by atomic mass is 10.0. The Morgan fingerprint density at radius 1 is 0.688 bits per heavy atom. The molecule has 0 bridgehead atoms. The highest BCUT2D eigenvalue weighted by Crippen LogP contribution is 2.31. The lowest BCUT2D eigenvalue weighted by Gasteiger charge is -2.27. The fourth-order valence-corrected chi connectivity index (χ4v) is 5.67. The van der Waals surface area contributed by atoms with Crippen molar-refractivity contribution in [3.63, 3.8) is 0 Å². The highest BCUT2D eigenvalue weighted by molar-refractivity contribution is 6.02. The molecule has 13 nitrogen and oxygen atoms in total. The van der Waals surface area contributed by atoms with Crippen molar-refractivity contribution >= 4 is 35.8 Å². The fraction of sp³-hybridized carbons (Fsp3) is 0.371. The van der Waals surface area contributed by atoms with Crippen LogP contribution in [-0.2, 0) is 28.7 Å². The van der Waals surface area contributed by atoms with Crippen LogP contribution >= 0.6 is 0 Å². The normalized spacial score (nSPS) is 23.4. The second-order valence-corrected chi connectivity index (χ2v) is 11.3. The van der Waals surface area contributed by atoms with Gasteiger partial charge in [0, 0.05) is 30.4 Å². The zero-order valence-electron chi connectivity index (χ0n) is 26.2. The first-order chi connectivity index (χ1) is 23.2. The molecule has 2 aromatic rings. The Balaban J connectivity index is 0.000000188. The summed E-state index contributed by atoms with van der Waals surface area (Å²) in [6.45, 7) is 2.34. The Morgan fingerprint density at radius 2 is 1.10 bits per heavy atom. The van der Waals surface area contributed by atoms with Crippen LogP contribution in [0.4, 0.5) is 9.59 Å². The summed E-state index contributed by atoms with van der Waals surface area (Å²) in [6.07, 6.45) is -0.0937. The third-order valence-electron chi connectivity index (χ3n) is 8.14. The van der Waals surface area contributed by atoms with E-state index in [0.717, 1.165) is 28.7 Å². The van der Waals surface area contributed by atoms with Crippen LogP contribution in [0.15, 0.2) is 48.5 Å². The summed E-state index contributed by atoms with van der Waals surface area (Å²) in [7, 11) is 0. The molecule has 48 heavy (non-hydrogen) atoms. The molecule has 2 unspecified atom stereocenters. The van der Waals surface area contributed by atoms with Crippen molar-refractivity contribution in [1.82, 2.24) is 20.4 Å². The monoisotopic (exact) mass is 654 g/mol. The molecule has 3 N–H and O–H groups in total. The minimum Gasteiger partial charge on any atom is -0.439 e. The third-order valence-corrected chi connectivity index (χ3v) is 8.14. The van der Waals surface area contributed by atoms with E-state index in [9.17, 15) is 28.8 Å². The number of imide groups is 2. The van der Waals surface area contributed by atoms with E-state index in [1.807, 2.05) is 31.2 Å². The van der Waals surface area contributed by atoms with Gasteiger partial charge < -0.3 is 14.6 Å². The summed E-state index contributed by atoms with van der Waals surface area (Å²) in [5.41, 5.74) is 3.32. The number of amides is 6. The summed E-state index contributed by atoms with van der Waals surface area (Å²) in [6, 6.07) is 13.4. The van der Waals surface area contributed by atoms with Crippen LogP contribution in [0.2, 0.25) is 0 Å². The molecule has 4 fully saturated rings. The summed E-state index contributed by atoms with van der Waals surface area (Å²) in [5.74, 6) is 9.87. The molecule has 0 aliphatic carbocycles. The summed E-state index contributed by atoms with van der Waals surface area (Å²) in [4.78, 5) is 73.2. The Bertz CT molecular complexity index is 1590. The number of nitrogens with one attached hydrogen (secondary N) is 2. The standard InChI is InChI=1S/C18H18N2O4.C17H16N2O5/c1-2-3-4-12-5-7-13(8-6-12)15-11-20(18(23)24-15)14-9-10-16(21)19-17(14)22;20-9-1-2-11-3-5-12(6-4-11)14-10-19(17(23)24-14)13-7-8-15(21)18-16(13)22/h5-8,14-15H,2,9-11H2,1H3,(H,19,21,22);3-6,13-14,20H,7-10H2,(H,18,21,22)/t14?,15-;13?,14-/m11/s1. The van der Waals surface area contributed by atoms with Crippen LogP contribution in [-0.4, -0.2) is 82.5 Å². The first kappa shape index (κ1) is 33.7. The number of rotatable bonds is 4. The van der Waals surface area contributed by atoms with Crippen molar-refractivity contribution in [3.05, 3.63) is 70.8 Å². The molecule has 0 saturated carbocycles. The van der Waals surface area contributed by atoms with Crippen LogP contribution < -0.4 is 10.6 Å². The molecule has 6 amide bonds. The topological polar surface area (TPSA) is 172 Å². The number of aliphatic hydroxyl groups is 1. The smallest absolute Gasteiger partial charge is 0.411 e. The second kappa shape index (κ2) is 15.3. The van der Waals surface area contributed by atoms with Gasteiger partial charge in [-0.05, 0) is 48.2 Å². The largest absolute Gasteiger partial charge is 0.439 e. The van der Waals surface area contributed by atoms with E-state index >= 15 is 0 Å². The number of cyclic esters (lactones) is 2. The van der Waals surface area contributed by atoms with Crippen molar-refractivity contribution in [2.45, 2.75) is 63.3 Å². The van der Waals surface area contributed by atoms with Gasteiger partial charge in [-0.2, -0.15) is 0 Å². The van der Waals surface area contributed by atoms with Crippen molar-refractivity contribution in [2.24, 2.45) is 0 Å². The molecule has 4 heterocycles. The maximum atomic E-state index is 12.1. The molecule has 248 valence electrons. The summed E-state index contributed by atoms with van der Waals surface area (Å²) >= 11 is 0. The second-order valence-electron chi connectivity index (χ2n) is 11.3. The zero-order valence-corrected chi connectivity index (χ0v) is 26.2. The van der Waals surface area contributed by atoms with Gasteiger partial charge in [-0.1, -0.05) is 54.9 Å². The zero-order chi connectivity index (χ0) is 34.2. The van der Waals surface area contributed by atoms with E-state index in [1.165, 1.54) is 9.80 Å². The Labute approximate surface area is 276 Å². The number of hydrogen-bond donors (Lipinski definition) is 3. The van der Waals surface area contributed by atoms with E-state index in [2.05, 4.69) is 34.3 Å². The number of benzene rings is 2. The number of piperidine rings is 2. The van der Waals surface area contributed by atoms with Crippen molar-refractivity contribution in [2.75, 3.05) is 19.7 Å². The van der Waals surface area contributed by atoms with Crippen LogP contribution in [0, 0.1) is 23.7 Å². The predicted molar refractivity (Wildman–Crippen MR) is 168 cm³/mol. The number of aliphatic hydroxyl groups excluding tert-OH is 1. The molecule has 4 aliphatic rings. The SMILES string of the molecule is CCC#Cc1ccc([C@H]2CN(C3CCC(=O)NC3=O)C(=O)O2)cc1.O=C1CCC(N2C[C@H](c3ccc(C#CCO)cc3)OC2=O)C(=O)N1. The molecule has 2 aromatic carbocycles. The predicted octanol–water partition coefficient (Wildman–Crippen LogP) is 2.08. The van der Waals surface area contributed by atoms with E-state index in [-0.39, 0.29) is 37.8 Å². The number of ether oxygens (including phenoxy) is 2. The molecule has 13 heteroatoms. The van der Waals surface area contributed by atoms with Crippen LogP contribution in [0.3, 0.4) is 0 Å². The molecule has 0 spiro atoms. The highest BCUT2D eigenvalue weighted by atomic mass is 16.6. The van der Waals surface area contributed by atoms with Crippen molar-refractivity contribution in [3.8, 4) is 23.7 Å². The van der Waals surface area contributed by atoms with E-state index in [0.29, 0.717) is 19.4 Å². The van der Waals surface area contributed by atoms with Gasteiger partial charge in [0.1, 0.15) is 30.9 Å². The van der Waals surface area contributed by atoms with E-state index < -0.39 is 48.3 Å². The van der Waals surface area contributed by atoms with Gasteiger partial charge in [0.15, 0.2) is 0 Å². The number of carbonyl (C=O) groups excluding carboxylic acids is 6. The van der Waals surface area contributed by atoms with Crippen LogP contribution in [0.25, 0.3) is 0 Å². The molecule has 4 atom stereocenters. The van der Waals surface area contributed by atoms with Gasteiger partial charge in [0.25, 0.3) is 0 Å². The van der Waals surface area contributed by atoms with Crippen molar-refractivity contribution < 1.29 is 43.3 Å². The first-order valence-electron chi connectivity index (χ1n) is 15.6. The molecule has 0 radical (unpaired) electrons. The van der Waals surface area contributed by atoms with Gasteiger partial charge >= 0.3 is 12.2 Å². The van der Waals surface area contributed by atoms with Crippen molar-refractivity contribution in [1.29, 1.82) is 0 Å². The molecular weight excluding hydrogens is 620 g/mol. The Morgan fingerprint density at radius 3 is 1.48 bits per heavy atom. The van der Waals surface area contributed by atoms with E-state index in [1.54, 1.807) is 24.3 Å². The maximum absolute atomic E-state index is 12.1. The first-order valence-corrected chi connectivity index (χ1v) is 15.6. The molecular formula is C35H34N4O9. The fourth-order valence-electron chi connectivity index (χ4n) is 5.67. The molecule has 0 aromatic heterocycles. The van der Waals surface area contributed by atoms with Crippen LogP contribution in [0.1, 0.15) is 73.5 Å². The lowest BCUT2D eigenvalue weighted by Crippen LogP contribution is -2.52. The quantitative estimate of drug-likeness (QED) is 0.330. The van der Waals surface area contributed by atoms with Crippen LogP contribution in [0.5, 0.6) is 0 Å². The minimum atomic E-state index is -0.671. The minimum absolute atomic E-state index is 0.205. The molecule has 4 aliphatic heterocycles. The van der Waals surface area contributed by atoms with E-state index in [4.69, 9.17) is 14.6 Å². The van der Waals surface area contributed by atoms with Gasteiger partial charge in [-0.25, -0.2) is 9.59 Å². The number of nitrogens with zero attached hydrogens (tertiary/aromatic N) is 2. The Hall–Kier alpha value is -5.66. The highest BCUT2D eigenvalue weighted by Gasteiger charge is 2.43. The molecule has 6 rings (SSSR count). The summed E-state index contributed by atoms with van der Waals surface area (Å²) < 4.78 is 10.8. The Kier molecular flexibility index (Phi) is 10.7. The van der Waals surface area contributed by atoms with Gasteiger partial charge in [-0.3, -0.25) is 39.6 Å². The average Bonchev–Trinajstić information content (AvgIpc) is 3.66. The lowest BCUT2D eigenvalue weighted by molar-refractivity contribution is -0.138. The van der Waals surface area contributed by atoms with Gasteiger partial charge in [-0.15, -0.1) is 0 Å². The number of hydrogen-bond acceptors (Lipinski definition) is 9.